The first-order chi connectivity index (χ1) is 14.9. The van der Waals surface area contributed by atoms with E-state index in [0.717, 1.165) is 22.3 Å². The highest BCUT2D eigenvalue weighted by Gasteiger charge is 1.99. The van der Waals surface area contributed by atoms with E-state index in [-0.39, 0.29) is 0 Å². The minimum Gasteiger partial charge on any atom is -0.399 e. The molecule has 0 spiro atoms. The molecule has 158 valence electrons. The third kappa shape index (κ3) is 7.68. The van der Waals surface area contributed by atoms with E-state index in [1.165, 1.54) is 0 Å². The van der Waals surface area contributed by atoms with E-state index in [2.05, 4.69) is 0 Å². The molecule has 0 aliphatic heterocycles. The number of nitrogens with two attached hydrogens (primary N) is 4. The van der Waals surface area contributed by atoms with Crippen LogP contribution < -0.4 is 22.9 Å². The lowest BCUT2D eigenvalue weighted by Crippen LogP contribution is -1.91. The summed E-state index contributed by atoms with van der Waals surface area (Å²) < 4.78 is 16.6. The predicted octanol–water partition coefficient (Wildman–Crippen LogP) is 4.37. The lowest BCUT2D eigenvalue weighted by Gasteiger charge is -2.04. The summed E-state index contributed by atoms with van der Waals surface area (Å²) in [7, 11) is 0. The van der Waals surface area contributed by atoms with Gasteiger partial charge in [-0.2, -0.15) is 8.42 Å². The Morgan fingerprint density at radius 1 is 0.419 bits per heavy atom. The molecule has 0 saturated heterocycles. The summed E-state index contributed by atoms with van der Waals surface area (Å²) in [6, 6.07) is 31.3. The third-order valence-electron chi connectivity index (χ3n) is 4.17. The van der Waals surface area contributed by atoms with Crippen molar-refractivity contribution in [2.75, 3.05) is 22.9 Å². The molecule has 0 fully saturated rings. The molecule has 0 aromatic heterocycles. The molecule has 0 unspecified atom stereocenters. The molecule has 0 atom stereocenters. The molecule has 0 bridgehead atoms. The average Bonchev–Trinajstić information content (AvgIpc) is 2.75. The molecule has 31 heavy (non-hydrogen) atoms. The Morgan fingerprint density at radius 2 is 0.677 bits per heavy atom. The van der Waals surface area contributed by atoms with E-state index in [0.29, 0.717) is 22.7 Å². The van der Waals surface area contributed by atoms with Crippen LogP contribution in [-0.4, -0.2) is 8.42 Å². The van der Waals surface area contributed by atoms with Gasteiger partial charge in [0, 0.05) is 22.7 Å². The molecule has 0 amide bonds. The van der Waals surface area contributed by atoms with Crippen molar-refractivity contribution in [3.63, 3.8) is 0 Å². The Balaban J connectivity index is 0.000000196. The normalized spacial score (nSPS) is 9.42. The van der Waals surface area contributed by atoms with Crippen LogP contribution in [0.3, 0.4) is 0 Å². The topological polar surface area (TPSA) is 138 Å². The number of hydrogen-bond acceptors (Lipinski definition) is 6. The van der Waals surface area contributed by atoms with Crippen LogP contribution in [0.25, 0.3) is 22.3 Å². The lowest BCUT2D eigenvalue weighted by atomic mass is 10.0. The zero-order valence-corrected chi connectivity index (χ0v) is 17.6. The number of nitrogen functional groups attached to an aromatic ring is 4. The van der Waals surface area contributed by atoms with Crippen molar-refractivity contribution in [3.8, 4) is 22.3 Å². The Morgan fingerprint density at radius 3 is 0.935 bits per heavy atom. The first-order valence-corrected chi connectivity index (χ1v) is 9.94. The fraction of sp³-hybridized carbons (Fsp3) is 0. The van der Waals surface area contributed by atoms with Gasteiger partial charge in [-0.3, -0.25) is 0 Å². The average molecular weight is 433 g/mol. The molecular weight excluding hydrogens is 408 g/mol. The zero-order chi connectivity index (χ0) is 22.6. The van der Waals surface area contributed by atoms with Crippen molar-refractivity contribution in [3.05, 3.63) is 97.1 Å². The number of hydrogen-bond donors (Lipinski definition) is 4. The van der Waals surface area contributed by atoms with Gasteiger partial charge in [0.15, 0.2) is 0 Å². The van der Waals surface area contributed by atoms with Crippen LogP contribution in [0, 0.1) is 0 Å². The molecular formula is C24H24N4O2S. The molecule has 0 heterocycles. The molecule has 0 aliphatic rings. The minimum absolute atomic E-state index is 0.698. The quantitative estimate of drug-likeness (QED) is 0.347. The second kappa shape index (κ2) is 11.8. The molecule has 0 radical (unpaired) electrons. The molecule has 4 rings (SSSR count). The number of rotatable bonds is 2. The second-order valence-corrected chi connectivity index (χ2v) is 6.71. The van der Waals surface area contributed by atoms with Crippen molar-refractivity contribution in [2.24, 2.45) is 0 Å². The van der Waals surface area contributed by atoms with Crippen LogP contribution in [0.4, 0.5) is 22.7 Å². The van der Waals surface area contributed by atoms with E-state index >= 15 is 0 Å². The zero-order valence-electron chi connectivity index (χ0n) is 16.8. The fourth-order valence-electron chi connectivity index (χ4n) is 2.95. The summed E-state index contributed by atoms with van der Waals surface area (Å²) in [6.45, 7) is 0. The summed E-state index contributed by atoms with van der Waals surface area (Å²) in [6.07, 6.45) is 0. The van der Waals surface area contributed by atoms with Gasteiger partial charge in [0.25, 0.3) is 0 Å². The third-order valence-corrected chi connectivity index (χ3v) is 4.17. The van der Waals surface area contributed by atoms with Gasteiger partial charge in [0.1, 0.15) is 0 Å². The van der Waals surface area contributed by atoms with Gasteiger partial charge < -0.3 is 22.9 Å². The van der Waals surface area contributed by atoms with E-state index in [9.17, 15) is 0 Å². The fourth-order valence-corrected chi connectivity index (χ4v) is 2.95. The Kier molecular flexibility index (Phi) is 8.82. The van der Waals surface area contributed by atoms with Crippen LogP contribution in [-0.2, 0) is 11.6 Å². The Labute approximate surface area is 185 Å². The standard InChI is InChI=1S/2C12H12N2.O2S/c2*13-11-6-10(7-12(14)8-11)9-4-2-1-3-5-9;1-3-2/h2*1-8H,13-14H2;. The number of anilines is 4. The van der Waals surface area contributed by atoms with Gasteiger partial charge in [0.2, 0.25) is 0 Å². The van der Waals surface area contributed by atoms with Crippen molar-refractivity contribution in [2.45, 2.75) is 0 Å². The molecule has 8 N–H and O–H groups in total. The molecule has 0 saturated carbocycles. The maximum atomic E-state index is 8.29. The maximum absolute atomic E-state index is 8.29. The van der Waals surface area contributed by atoms with Gasteiger partial charge in [0.05, 0.1) is 0 Å². The van der Waals surface area contributed by atoms with Crippen LogP contribution >= 0.6 is 0 Å². The number of benzene rings is 4. The van der Waals surface area contributed by atoms with Gasteiger partial charge >= 0.3 is 11.6 Å². The van der Waals surface area contributed by atoms with Crippen molar-refractivity contribution >= 4 is 34.3 Å². The maximum Gasteiger partial charge on any atom is 0.335 e. The smallest absolute Gasteiger partial charge is 0.335 e. The van der Waals surface area contributed by atoms with Gasteiger partial charge in [-0.1, -0.05) is 60.7 Å². The molecule has 6 nitrogen and oxygen atoms in total. The molecule has 4 aromatic rings. The van der Waals surface area contributed by atoms with Crippen molar-refractivity contribution in [1.82, 2.24) is 0 Å². The SMILES string of the molecule is Nc1cc(N)cc(-c2ccccc2)c1.Nc1cc(N)cc(-c2ccccc2)c1.O=S=O. The Hall–Kier alpha value is -4.10. The first kappa shape index (κ1) is 23.2. The largest absolute Gasteiger partial charge is 0.399 e. The monoisotopic (exact) mass is 432 g/mol. The van der Waals surface area contributed by atoms with Crippen LogP contribution in [0.1, 0.15) is 0 Å². The van der Waals surface area contributed by atoms with Crippen LogP contribution in [0.15, 0.2) is 97.1 Å². The highest BCUT2D eigenvalue weighted by Crippen LogP contribution is 2.25. The highest BCUT2D eigenvalue weighted by molar-refractivity contribution is 7.51. The lowest BCUT2D eigenvalue weighted by molar-refractivity contribution is 0.630. The molecule has 7 heteroatoms. The van der Waals surface area contributed by atoms with E-state index in [1.807, 2.05) is 84.9 Å². The second-order valence-electron chi connectivity index (χ2n) is 6.58. The summed E-state index contributed by atoms with van der Waals surface area (Å²) >= 11 is -0.750. The summed E-state index contributed by atoms with van der Waals surface area (Å²) in [5, 5.41) is 0. The van der Waals surface area contributed by atoms with Gasteiger partial charge in [-0.05, 0) is 58.7 Å². The van der Waals surface area contributed by atoms with E-state index in [1.54, 1.807) is 12.1 Å². The molecule has 4 aromatic carbocycles. The minimum atomic E-state index is -0.750. The summed E-state index contributed by atoms with van der Waals surface area (Å²) in [5.74, 6) is 0. The summed E-state index contributed by atoms with van der Waals surface area (Å²) in [4.78, 5) is 0. The van der Waals surface area contributed by atoms with Crippen LogP contribution in [0.2, 0.25) is 0 Å². The predicted molar refractivity (Wildman–Crippen MR) is 130 cm³/mol. The van der Waals surface area contributed by atoms with Crippen molar-refractivity contribution < 1.29 is 8.42 Å². The Bertz CT molecular complexity index is 1020. The molecule has 0 aliphatic carbocycles. The van der Waals surface area contributed by atoms with Crippen LogP contribution in [0.5, 0.6) is 0 Å². The first-order valence-electron chi connectivity index (χ1n) is 9.27. The van der Waals surface area contributed by atoms with Gasteiger partial charge in [-0.25, -0.2) is 0 Å². The van der Waals surface area contributed by atoms with E-state index < -0.39 is 11.6 Å². The van der Waals surface area contributed by atoms with Crippen molar-refractivity contribution in [1.29, 1.82) is 0 Å². The van der Waals surface area contributed by atoms with E-state index in [4.69, 9.17) is 31.4 Å². The summed E-state index contributed by atoms with van der Waals surface area (Å²) in [5.41, 5.74) is 30.0. The van der Waals surface area contributed by atoms with Gasteiger partial charge in [-0.15, -0.1) is 0 Å². The highest BCUT2D eigenvalue weighted by atomic mass is 32.1.